The lowest BCUT2D eigenvalue weighted by Gasteiger charge is -2.07. The summed E-state index contributed by atoms with van der Waals surface area (Å²) >= 11 is 1.47. The van der Waals surface area contributed by atoms with E-state index in [-0.39, 0.29) is 0 Å². The van der Waals surface area contributed by atoms with Crippen molar-refractivity contribution in [2.24, 2.45) is 0 Å². The summed E-state index contributed by atoms with van der Waals surface area (Å²) in [4.78, 5) is 8.43. The van der Waals surface area contributed by atoms with Gasteiger partial charge in [0.1, 0.15) is 11.6 Å². The van der Waals surface area contributed by atoms with E-state index in [1.165, 1.54) is 17.3 Å². The maximum Gasteiger partial charge on any atom is 0.191 e. The van der Waals surface area contributed by atoms with Crippen molar-refractivity contribution >= 4 is 29.1 Å². The summed E-state index contributed by atoms with van der Waals surface area (Å²) in [6, 6.07) is 9.82. The number of nitrogens with zero attached hydrogens (tertiary/aromatic N) is 2. The smallest absolute Gasteiger partial charge is 0.191 e. The van der Waals surface area contributed by atoms with Gasteiger partial charge in [-0.1, -0.05) is 29.5 Å². The Morgan fingerprint density at radius 3 is 2.53 bits per heavy atom. The zero-order chi connectivity index (χ0) is 12.3. The first-order valence-corrected chi connectivity index (χ1v) is 6.42. The molecule has 0 aliphatic rings. The number of hydrogen-bond acceptors (Lipinski definition) is 5. The number of aryl methyl sites for hydroxylation is 1. The van der Waals surface area contributed by atoms with E-state index >= 15 is 0 Å². The minimum atomic E-state index is 0.471. The van der Waals surface area contributed by atoms with Gasteiger partial charge in [0.2, 0.25) is 0 Å². The standard InChI is InChI=1S/C12H14N4S/c1-8-3-5-9(6-4-8)14-11-7-10(13)15-12(16-11)17-2/h3-7H,1-2H3,(H3,13,14,15,16). The van der Waals surface area contributed by atoms with Crippen molar-refractivity contribution in [3.05, 3.63) is 35.9 Å². The number of nitrogens with two attached hydrogens (primary N) is 1. The van der Waals surface area contributed by atoms with Crippen LogP contribution in [0.2, 0.25) is 0 Å². The third-order valence-electron chi connectivity index (χ3n) is 2.23. The third kappa shape index (κ3) is 3.10. The summed E-state index contributed by atoms with van der Waals surface area (Å²) in [5, 5.41) is 3.87. The number of thioether (sulfide) groups is 1. The molecule has 0 bridgehead atoms. The van der Waals surface area contributed by atoms with Crippen LogP contribution in [0.25, 0.3) is 0 Å². The van der Waals surface area contributed by atoms with Gasteiger partial charge in [-0.3, -0.25) is 0 Å². The lowest BCUT2D eigenvalue weighted by molar-refractivity contribution is 0.984. The molecule has 4 nitrogen and oxygen atoms in total. The largest absolute Gasteiger partial charge is 0.383 e. The minimum absolute atomic E-state index is 0.471. The van der Waals surface area contributed by atoms with Crippen molar-refractivity contribution in [1.29, 1.82) is 0 Å². The highest BCUT2D eigenvalue weighted by Gasteiger charge is 2.02. The fourth-order valence-corrected chi connectivity index (χ4v) is 1.77. The summed E-state index contributed by atoms with van der Waals surface area (Å²) in [6.07, 6.45) is 1.92. The van der Waals surface area contributed by atoms with Gasteiger partial charge in [-0.15, -0.1) is 0 Å². The number of aromatic nitrogens is 2. The number of nitrogens with one attached hydrogen (secondary N) is 1. The van der Waals surface area contributed by atoms with Gasteiger partial charge in [-0.2, -0.15) is 0 Å². The second-order valence-corrected chi connectivity index (χ2v) is 4.43. The molecule has 0 aliphatic heterocycles. The number of nitrogen functional groups attached to an aromatic ring is 1. The van der Waals surface area contributed by atoms with Crippen molar-refractivity contribution in [1.82, 2.24) is 9.97 Å². The summed E-state index contributed by atoms with van der Waals surface area (Å²) < 4.78 is 0. The molecular formula is C12H14N4S. The predicted molar refractivity (Wildman–Crippen MR) is 72.7 cm³/mol. The fourth-order valence-electron chi connectivity index (χ4n) is 1.38. The zero-order valence-corrected chi connectivity index (χ0v) is 10.6. The zero-order valence-electron chi connectivity index (χ0n) is 9.77. The van der Waals surface area contributed by atoms with Crippen LogP contribution in [0.1, 0.15) is 5.56 Å². The molecule has 0 amide bonds. The highest BCUT2D eigenvalue weighted by Crippen LogP contribution is 2.19. The Kier molecular flexibility index (Phi) is 3.49. The van der Waals surface area contributed by atoms with Gasteiger partial charge in [0.25, 0.3) is 0 Å². The van der Waals surface area contributed by atoms with Crippen molar-refractivity contribution in [3.8, 4) is 0 Å². The molecule has 17 heavy (non-hydrogen) atoms. The van der Waals surface area contributed by atoms with E-state index in [1.54, 1.807) is 6.07 Å². The predicted octanol–water partition coefficient (Wildman–Crippen LogP) is 2.83. The molecular weight excluding hydrogens is 232 g/mol. The normalized spacial score (nSPS) is 10.2. The molecule has 0 fully saturated rings. The van der Waals surface area contributed by atoms with Crippen molar-refractivity contribution in [2.75, 3.05) is 17.3 Å². The molecule has 0 spiro atoms. The molecule has 1 aromatic heterocycles. The third-order valence-corrected chi connectivity index (χ3v) is 2.78. The molecule has 0 saturated heterocycles. The molecule has 0 saturated carbocycles. The molecule has 0 unspecified atom stereocenters. The van der Waals surface area contributed by atoms with Crippen molar-refractivity contribution in [3.63, 3.8) is 0 Å². The first-order valence-electron chi connectivity index (χ1n) is 5.19. The van der Waals surface area contributed by atoms with E-state index in [1.807, 2.05) is 30.5 Å². The second kappa shape index (κ2) is 5.05. The molecule has 2 rings (SSSR count). The number of benzene rings is 1. The molecule has 0 radical (unpaired) electrons. The highest BCUT2D eigenvalue weighted by molar-refractivity contribution is 7.98. The molecule has 3 N–H and O–H groups in total. The summed E-state index contributed by atoms with van der Waals surface area (Å²) in [7, 11) is 0. The Morgan fingerprint density at radius 1 is 1.18 bits per heavy atom. The highest BCUT2D eigenvalue weighted by atomic mass is 32.2. The Labute approximate surface area is 105 Å². The van der Waals surface area contributed by atoms with Crippen LogP contribution in [0.3, 0.4) is 0 Å². The van der Waals surface area contributed by atoms with E-state index in [9.17, 15) is 0 Å². The number of rotatable bonds is 3. The Morgan fingerprint density at radius 2 is 1.88 bits per heavy atom. The van der Waals surface area contributed by atoms with Gasteiger partial charge < -0.3 is 11.1 Å². The minimum Gasteiger partial charge on any atom is -0.383 e. The van der Waals surface area contributed by atoms with Crippen molar-refractivity contribution in [2.45, 2.75) is 12.1 Å². The van der Waals surface area contributed by atoms with Crippen LogP contribution in [0.4, 0.5) is 17.3 Å². The van der Waals surface area contributed by atoms with Gasteiger partial charge in [0, 0.05) is 11.8 Å². The molecule has 2 aromatic rings. The first-order chi connectivity index (χ1) is 8.17. The van der Waals surface area contributed by atoms with E-state index in [4.69, 9.17) is 5.73 Å². The Hall–Kier alpha value is -1.75. The molecule has 1 aromatic carbocycles. The molecule has 88 valence electrons. The number of hydrogen-bond donors (Lipinski definition) is 2. The van der Waals surface area contributed by atoms with Gasteiger partial charge in [-0.05, 0) is 25.3 Å². The topological polar surface area (TPSA) is 63.8 Å². The average molecular weight is 246 g/mol. The van der Waals surface area contributed by atoms with Crippen LogP contribution in [-0.4, -0.2) is 16.2 Å². The number of anilines is 3. The Balaban J connectivity index is 2.23. The van der Waals surface area contributed by atoms with E-state index in [0.29, 0.717) is 16.8 Å². The lowest BCUT2D eigenvalue weighted by atomic mass is 10.2. The summed E-state index contributed by atoms with van der Waals surface area (Å²) in [5.74, 6) is 1.18. The van der Waals surface area contributed by atoms with E-state index < -0.39 is 0 Å². The summed E-state index contributed by atoms with van der Waals surface area (Å²) in [6.45, 7) is 2.05. The SMILES string of the molecule is CSc1nc(N)cc(Nc2ccc(C)cc2)n1. The van der Waals surface area contributed by atoms with Crippen LogP contribution in [0, 0.1) is 6.92 Å². The Bertz CT molecular complexity index is 510. The second-order valence-electron chi connectivity index (χ2n) is 3.66. The average Bonchev–Trinajstić information content (AvgIpc) is 2.31. The molecule has 0 atom stereocenters. The van der Waals surface area contributed by atoms with Crippen molar-refractivity contribution < 1.29 is 0 Å². The van der Waals surface area contributed by atoms with Crippen LogP contribution in [0.5, 0.6) is 0 Å². The molecule has 5 heteroatoms. The van der Waals surface area contributed by atoms with Gasteiger partial charge in [0.15, 0.2) is 5.16 Å². The van der Waals surface area contributed by atoms with Crippen LogP contribution >= 0.6 is 11.8 Å². The lowest BCUT2D eigenvalue weighted by Crippen LogP contribution is -1.99. The van der Waals surface area contributed by atoms with E-state index in [2.05, 4.69) is 22.2 Å². The van der Waals surface area contributed by atoms with Gasteiger partial charge in [0.05, 0.1) is 0 Å². The quantitative estimate of drug-likeness (QED) is 0.644. The van der Waals surface area contributed by atoms with Crippen LogP contribution in [-0.2, 0) is 0 Å². The summed E-state index contributed by atoms with van der Waals surface area (Å²) in [5.41, 5.74) is 7.92. The van der Waals surface area contributed by atoms with Crippen LogP contribution < -0.4 is 11.1 Å². The van der Waals surface area contributed by atoms with Gasteiger partial charge in [-0.25, -0.2) is 9.97 Å². The first kappa shape index (κ1) is 11.7. The van der Waals surface area contributed by atoms with Gasteiger partial charge >= 0.3 is 0 Å². The maximum atomic E-state index is 5.71. The molecule has 1 heterocycles. The monoisotopic (exact) mass is 246 g/mol. The molecule has 0 aliphatic carbocycles. The van der Waals surface area contributed by atoms with Crippen LogP contribution in [0.15, 0.2) is 35.5 Å². The maximum absolute atomic E-state index is 5.71. The fraction of sp³-hybridized carbons (Fsp3) is 0.167. The van der Waals surface area contributed by atoms with E-state index in [0.717, 1.165) is 5.69 Å².